The van der Waals surface area contributed by atoms with Gasteiger partial charge in [0.1, 0.15) is 13.2 Å². The van der Waals surface area contributed by atoms with Crippen LogP contribution in [-0.4, -0.2) is 25.0 Å². The van der Waals surface area contributed by atoms with E-state index in [1.165, 1.54) is 22.8 Å². The zero-order valence-electron chi connectivity index (χ0n) is 19.0. The average molecular weight is 402 g/mol. The van der Waals surface area contributed by atoms with Crippen molar-refractivity contribution in [3.8, 4) is 0 Å². The second-order valence-electron chi connectivity index (χ2n) is 7.68. The van der Waals surface area contributed by atoms with Crippen molar-refractivity contribution >= 4 is 11.9 Å². The number of hydrogen-bond acceptors (Lipinski definition) is 3. The first-order valence-electron chi connectivity index (χ1n) is 10.4. The van der Waals surface area contributed by atoms with E-state index in [1.807, 2.05) is 6.92 Å². The molecule has 0 aromatic heterocycles. The molecule has 0 heterocycles. The highest BCUT2D eigenvalue weighted by molar-refractivity contribution is 5.90. The Morgan fingerprint density at radius 1 is 0.828 bits per heavy atom. The van der Waals surface area contributed by atoms with E-state index in [4.69, 9.17) is 4.74 Å². The number of carbonyl (C=O) groups is 2. The second-order valence-corrected chi connectivity index (χ2v) is 7.68. The van der Waals surface area contributed by atoms with Crippen molar-refractivity contribution in [2.75, 3.05) is 13.2 Å². The fraction of sp³-hybridized carbons (Fsp3) is 0.520. The maximum absolute atomic E-state index is 11.8. The van der Waals surface area contributed by atoms with Crippen molar-refractivity contribution in [1.82, 2.24) is 5.32 Å². The van der Waals surface area contributed by atoms with Gasteiger partial charge in [-0.1, -0.05) is 53.2 Å². The Labute approximate surface area is 177 Å². The Bertz CT molecular complexity index is 647. The molecule has 0 aromatic rings. The lowest BCUT2D eigenvalue weighted by molar-refractivity contribution is -0.142. The summed E-state index contributed by atoms with van der Waals surface area (Å²) in [4.78, 5) is 23.1. The Hall–Kier alpha value is -2.36. The van der Waals surface area contributed by atoms with E-state index < -0.39 is 5.97 Å². The largest absolute Gasteiger partial charge is 0.460 e. The first-order valence-corrected chi connectivity index (χ1v) is 10.4. The number of esters is 1. The number of carbonyl (C=O) groups excluding carboxylic acids is 2. The van der Waals surface area contributed by atoms with Crippen LogP contribution in [0.1, 0.15) is 73.1 Å². The van der Waals surface area contributed by atoms with Crippen LogP contribution in [0.25, 0.3) is 0 Å². The summed E-state index contributed by atoms with van der Waals surface area (Å²) < 4.78 is 4.81. The standard InChI is InChI=1S/C25H39NO3/c1-7-17-29-25(28)19-26-24(27)18-23(6)16-10-15-22(5)14-9-13-21(4)12-8-11-20(2)3/h7,11,13,15,18H,1,8-10,12,14,16-17,19H2,2-6H3,(H,26,27). The monoisotopic (exact) mass is 401 g/mol. The second kappa shape index (κ2) is 16.6. The minimum Gasteiger partial charge on any atom is -0.460 e. The lowest BCUT2D eigenvalue weighted by Crippen LogP contribution is -2.29. The third-order valence-electron chi connectivity index (χ3n) is 4.30. The molecule has 0 spiro atoms. The number of rotatable bonds is 14. The van der Waals surface area contributed by atoms with Crippen molar-refractivity contribution in [3.63, 3.8) is 0 Å². The van der Waals surface area contributed by atoms with Crippen molar-refractivity contribution in [3.05, 3.63) is 59.3 Å². The summed E-state index contributed by atoms with van der Waals surface area (Å²) in [6, 6.07) is 0. The molecule has 29 heavy (non-hydrogen) atoms. The van der Waals surface area contributed by atoms with Gasteiger partial charge >= 0.3 is 5.97 Å². The van der Waals surface area contributed by atoms with Gasteiger partial charge in [-0.05, 0) is 73.1 Å². The fourth-order valence-corrected chi connectivity index (χ4v) is 2.59. The maximum atomic E-state index is 11.8. The molecule has 162 valence electrons. The number of nitrogens with one attached hydrogen (secondary N) is 1. The number of ether oxygens (including phenoxy) is 1. The molecule has 4 nitrogen and oxygen atoms in total. The van der Waals surface area contributed by atoms with Gasteiger partial charge in [0.15, 0.2) is 0 Å². The summed E-state index contributed by atoms with van der Waals surface area (Å²) in [5, 5.41) is 2.53. The minimum absolute atomic E-state index is 0.128. The smallest absolute Gasteiger partial charge is 0.325 e. The van der Waals surface area contributed by atoms with Gasteiger partial charge in [-0.15, -0.1) is 0 Å². The van der Waals surface area contributed by atoms with E-state index in [0.29, 0.717) is 0 Å². The van der Waals surface area contributed by atoms with Crippen LogP contribution in [0.15, 0.2) is 59.3 Å². The van der Waals surface area contributed by atoms with Gasteiger partial charge in [-0.3, -0.25) is 9.59 Å². The number of amides is 1. The van der Waals surface area contributed by atoms with Crippen molar-refractivity contribution < 1.29 is 14.3 Å². The van der Waals surface area contributed by atoms with Gasteiger partial charge in [-0.2, -0.15) is 0 Å². The molecule has 0 aromatic carbocycles. The van der Waals surface area contributed by atoms with Crippen LogP contribution >= 0.6 is 0 Å². The lowest BCUT2D eigenvalue weighted by Gasteiger charge is -2.04. The molecule has 0 radical (unpaired) electrons. The molecule has 1 amide bonds. The van der Waals surface area contributed by atoms with Crippen LogP contribution in [-0.2, 0) is 14.3 Å². The molecule has 0 rings (SSSR count). The Balaban J connectivity index is 4.14. The first kappa shape index (κ1) is 26.6. The summed E-state index contributed by atoms with van der Waals surface area (Å²) >= 11 is 0. The van der Waals surface area contributed by atoms with E-state index in [1.54, 1.807) is 6.08 Å². The molecule has 0 bridgehead atoms. The topological polar surface area (TPSA) is 55.4 Å². The fourth-order valence-electron chi connectivity index (χ4n) is 2.59. The first-order chi connectivity index (χ1) is 13.7. The number of hydrogen-bond donors (Lipinski definition) is 1. The van der Waals surface area contributed by atoms with Crippen LogP contribution in [0, 0.1) is 0 Å². The Morgan fingerprint density at radius 2 is 1.34 bits per heavy atom. The zero-order valence-corrected chi connectivity index (χ0v) is 19.0. The van der Waals surface area contributed by atoms with Gasteiger partial charge in [0.2, 0.25) is 5.91 Å². The van der Waals surface area contributed by atoms with Crippen molar-refractivity contribution in [2.24, 2.45) is 0 Å². The van der Waals surface area contributed by atoms with E-state index in [9.17, 15) is 9.59 Å². The summed E-state index contributed by atoms with van der Waals surface area (Å²) in [6.45, 7) is 14.1. The Kier molecular flexibility index (Phi) is 15.2. The van der Waals surface area contributed by atoms with Crippen LogP contribution < -0.4 is 5.32 Å². The Morgan fingerprint density at radius 3 is 1.86 bits per heavy atom. The molecule has 0 saturated carbocycles. The third-order valence-corrected chi connectivity index (χ3v) is 4.30. The molecular formula is C25H39NO3. The SMILES string of the molecule is C=CCOC(=O)CNC(=O)C=C(C)CCC=C(C)CCC=C(C)CCC=C(C)C. The number of allylic oxidation sites excluding steroid dienone is 7. The molecule has 0 aliphatic heterocycles. The van der Waals surface area contributed by atoms with Gasteiger partial charge in [0.25, 0.3) is 0 Å². The van der Waals surface area contributed by atoms with Gasteiger partial charge in [-0.25, -0.2) is 0 Å². The molecule has 0 aliphatic carbocycles. The maximum Gasteiger partial charge on any atom is 0.325 e. The van der Waals surface area contributed by atoms with Crippen molar-refractivity contribution in [2.45, 2.75) is 73.1 Å². The van der Waals surface area contributed by atoms with E-state index in [-0.39, 0.29) is 19.1 Å². The normalized spacial score (nSPS) is 12.4. The summed E-state index contributed by atoms with van der Waals surface area (Å²) in [5.74, 6) is -0.739. The highest BCUT2D eigenvalue weighted by atomic mass is 16.5. The van der Waals surface area contributed by atoms with Gasteiger partial charge < -0.3 is 10.1 Å². The third kappa shape index (κ3) is 17.5. The molecular weight excluding hydrogens is 362 g/mol. The molecule has 0 unspecified atom stereocenters. The summed E-state index contributed by atoms with van der Waals surface area (Å²) in [5.41, 5.74) is 5.19. The molecule has 0 fully saturated rings. The van der Waals surface area contributed by atoms with Crippen molar-refractivity contribution in [1.29, 1.82) is 0 Å². The van der Waals surface area contributed by atoms with Gasteiger partial charge in [0, 0.05) is 6.08 Å². The molecule has 0 atom stereocenters. The summed E-state index contributed by atoms with van der Waals surface area (Å²) in [6.07, 6.45) is 16.0. The minimum atomic E-state index is -0.468. The van der Waals surface area contributed by atoms with Crippen LogP contribution in [0.3, 0.4) is 0 Å². The molecule has 0 saturated heterocycles. The van der Waals surface area contributed by atoms with E-state index >= 15 is 0 Å². The van der Waals surface area contributed by atoms with E-state index in [0.717, 1.165) is 44.1 Å². The average Bonchev–Trinajstić information content (AvgIpc) is 2.64. The quantitative estimate of drug-likeness (QED) is 0.221. The molecule has 4 heteroatoms. The van der Waals surface area contributed by atoms with Crippen LogP contribution in [0.2, 0.25) is 0 Å². The molecule has 0 aliphatic rings. The highest BCUT2D eigenvalue weighted by Gasteiger charge is 2.04. The lowest BCUT2D eigenvalue weighted by atomic mass is 10.0. The van der Waals surface area contributed by atoms with Crippen LogP contribution in [0.5, 0.6) is 0 Å². The van der Waals surface area contributed by atoms with E-state index in [2.05, 4.69) is 57.8 Å². The van der Waals surface area contributed by atoms with Gasteiger partial charge in [0.05, 0.1) is 0 Å². The predicted molar refractivity (Wildman–Crippen MR) is 123 cm³/mol. The predicted octanol–water partition coefficient (Wildman–Crippen LogP) is 5.98. The zero-order chi connectivity index (χ0) is 22.1. The molecule has 1 N–H and O–H groups in total. The highest BCUT2D eigenvalue weighted by Crippen LogP contribution is 2.13. The summed E-state index contributed by atoms with van der Waals surface area (Å²) in [7, 11) is 0. The van der Waals surface area contributed by atoms with Crippen LogP contribution in [0.4, 0.5) is 0 Å².